The number of pyridine rings is 1. The number of fused-ring (bicyclic) bond motifs is 2. The van der Waals surface area contributed by atoms with E-state index in [0.717, 1.165) is 88.1 Å². The van der Waals surface area contributed by atoms with Crippen molar-refractivity contribution >= 4 is 45.8 Å². The number of aryl methyl sites for hydroxylation is 1. The summed E-state index contributed by atoms with van der Waals surface area (Å²) in [4.78, 5) is 71.3. The highest BCUT2D eigenvalue weighted by atomic mass is 16.5. The molecule has 1 aliphatic heterocycles. The number of nitrogens with zero attached hydrogens (tertiary/aromatic N) is 4. The number of nitrogens with one attached hydrogen (secondary N) is 5. The molecule has 2 unspecified atom stereocenters. The van der Waals surface area contributed by atoms with Gasteiger partial charge in [0.05, 0.1) is 55.4 Å². The zero-order valence-corrected chi connectivity index (χ0v) is 30.3. The maximum absolute atomic E-state index is 13.6. The second-order valence-corrected chi connectivity index (χ2v) is 13.4. The number of imidazole rings is 2. The van der Waals surface area contributed by atoms with Crippen LogP contribution in [0, 0.1) is 5.92 Å². The number of amides is 4. The number of H-pyrrole nitrogens is 2. The van der Waals surface area contributed by atoms with Crippen LogP contribution in [0.3, 0.4) is 0 Å². The van der Waals surface area contributed by atoms with Crippen molar-refractivity contribution in [2.75, 3.05) is 33.9 Å². The third kappa shape index (κ3) is 8.73. The lowest BCUT2D eigenvalue weighted by atomic mass is 10.0. The van der Waals surface area contributed by atoms with Gasteiger partial charge in [0.1, 0.15) is 17.7 Å². The van der Waals surface area contributed by atoms with Crippen molar-refractivity contribution in [2.45, 2.75) is 58.0 Å². The first-order chi connectivity index (χ1) is 25.6. The maximum Gasteiger partial charge on any atom is 0.407 e. The molecule has 3 aromatic heterocycles. The minimum absolute atomic E-state index is 0.109. The number of aromatic nitrogens is 5. The Morgan fingerprint density at radius 2 is 1.72 bits per heavy atom. The minimum Gasteiger partial charge on any atom is -0.453 e. The van der Waals surface area contributed by atoms with Crippen molar-refractivity contribution in [3.63, 3.8) is 0 Å². The van der Waals surface area contributed by atoms with Crippen LogP contribution in [0.2, 0.25) is 0 Å². The van der Waals surface area contributed by atoms with Crippen molar-refractivity contribution in [2.24, 2.45) is 5.92 Å². The summed E-state index contributed by atoms with van der Waals surface area (Å²) in [5.41, 5.74) is 5.34. The highest BCUT2D eigenvalue weighted by Gasteiger charge is 2.37. The van der Waals surface area contributed by atoms with Gasteiger partial charge in [0, 0.05) is 42.2 Å². The Kier molecular flexibility index (Phi) is 11.5. The van der Waals surface area contributed by atoms with Gasteiger partial charge in [-0.05, 0) is 61.3 Å². The van der Waals surface area contributed by atoms with Gasteiger partial charge in [0.15, 0.2) is 0 Å². The highest BCUT2D eigenvalue weighted by molar-refractivity contribution is 5.90. The van der Waals surface area contributed by atoms with Gasteiger partial charge in [-0.2, -0.15) is 0 Å². The van der Waals surface area contributed by atoms with E-state index in [-0.39, 0.29) is 30.3 Å². The first-order valence-corrected chi connectivity index (χ1v) is 17.8. The lowest BCUT2D eigenvalue weighted by molar-refractivity contribution is -0.135. The molecule has 4 amide bonds. The molecule has 5 aromatic rings. The van der Waals surface area contributed by atoms with Crippen molar-refractivity contribution in [1.29, 1.82) is 0 Å². The van der Waals surface area contributed by atoms with Crippen molar-refractivity contribution in [1.82, 2.24) is 45.8 Å². The molecule has 15 heteroatoms. The Hall–Kier alpha value is -5.99. The average molecular weight is 724 g/mol. The standard InChI is InChI=1S/C38H45N9O6/c1-22(2)34(46-38(51)53-4)36(49)47-15-7-8-31(47)35-44-27-13-12-25(18-29(27)45-35)28-17-23-10-11-24(16-26(23)19-40-28)30-20-41-32(43-30)9-5-6-14-39-33(48)21-42-37(50)52-3/h10-13,16-20,22,31,34H,5-9,14-15,21H2,1-4H3,(H,39,48)(H,41,43)(H,42,50)(H,44,45)(H,46,51). The number of ether oxygens (including phenoxy) is 2. The van der Waals surface area contributed by atoms with E-state index >= 15 is 0 Å². The minimum atomic E-state index is -0.694. The Bertz CT molecular complexity index is 2110. The van der Waals surface area contributed by atoms with E-state index < -0.39 is 18.2 Å². The van der Waals surface area contributed by atoms with E-state index in [1.807, 2.05) is 49.3 Å². The summed E-state index contributed by atoms with van der Waals surface area (Å²) in [5, 5.41) is 9.87. The van der Waals surface area contributed by atoms with Crippen LogP contribution in [-0.4, -0.2) is 93.7 Å². The number of aromatic amines is 2. The second-order valence-electron chi connectivity index (χ2n) is 13.4. The van der Waals surface area contributed by atoms with Crippen molar-refractivity contribution in [3.05, 3.63) is 66.5 Å². The molecule has 4 heterocycles. The third-order valence-corrected chi connectivity index (χ3v) is 9.44. The van der Waals surface area contributed by atoms with Gasteiger partial charge < -0.3 is 40.3 Å². The van der Waals surface area contributed by atoms with Gasteiger partial charge >= 0.3 is 12.2 Å². The topological polar surface area (TPSA) is 196 Å². The van der Waals surface area contributed by atoms with Crippen LogP contribution in [0.15, 0.2) is 54.9 Å². The Labute approximate surface area is 306 Å². The number of benzene rings is 2. The quantitative estimate of drug-likeness (QED) is 0.104. The van der Waals surface area contributed by atoms with E-state index in [1.54, 1.807) is 0 Å². The second kappa shape index (κ2) is 16.6. The summed E-state index contributed by atoms with van der Waals surface area (Å²) in [6, 6.07) is 13.4. The van der Waals surface area contributed by atoms with Gasteiger partial charge in [-0.15, -0.1) is 0 Å². The molecule has 0 radical (unpaired) electrons. The number of carbonyl (C=O) groups is 4. The fourth-order valence-electron chi connectivity index (χ4n) is 6.58. The number of methoxy groups -OCH3 is 2. The summed E-state index contributed by atoms with van der Waals surface area (Å²) >= 11 is 0. The van der Waals surface area contributed by atoms with Crippen LogP contribution in [0.4, 0.5) is 9.59 Å². The van der Waals surface area contributed by atoms with Gasteiger partial charge in [-0.25, -0.2) is 19.6 Å². The molecule has 0 aliphatic carbocycles. The highest BCUT2D eigenvalue weighted by Crippen LogP contribution is 2.34. The molecule has 278 valence electrons. The van der Waals surface area contributed by atoms with Gasteiger partial charge in [0.2, 0.25) is 11.8 Å². The van der Waals surface area contributed by atoms with Gasteiger partial charge in [-0.3, -0.25) is 14.6 Å². The Balaban J connectivity index is 1.08. The SMILES string of the molecule is COC(=O)NCC(=O)NCCCCc1ncc(-c2ccc3cc(-c4ccc5nc(C6CCCN6C(=O)C(NC(=O)OC)C(C)C)[nH]c5c4)ncc3c2)[nH]1. The number of likely N-dealkylation sites (tertiary alicyclic amines) is 1. The molecule has 1 fully saturated rings. The maximum atomic E-state index is 13.6. The zero-order valence-electron chi connectivity index (χ0n) is 30.3. The molecule has 1 aliphatic rings. The van der Waals surface area contributed by atoms with Gasteiger partial charge in [-0.1, -0.05) is 32.0 Å². The zero-order chi connectivity index (χ0) is 37.5. The van der Waals surface area contributed by atoms with E-state index in [2.05, 4.69) is 59.9 Å². The smallest absolute Gasteiger partial charge is 0.407 e. The number of hydrogen-bond donors (Lipinski definition) is 5. The fraction of sp³-hybridized carbons (Fsp3) is 0.395. The molecule has 2 aromatic carbocycles. The first-order valence-electron chi connectivity index (χ1n) is 17.8. The molecular formula is C38H45N9O6. The van der Waals surface area contributed by atoms with Crippen LogP contribution in [0.5, 0.6) is 0 Å². The van der Waals surface area contributed by atoms with Crippen LogP contribution < -0.4 is 16.0 Å². The largest absolute Gasteiger partial charge is 0.453 e. The molecule has 0 saturated carbocycles. The lowest BCUT2D eigenvalue weighted by Crippen LogP contribution is -2.51. The molecular weight excluding hydrogens is 678 g/mol. The molecule has 0 spiro atoms. The summed E-state index contributed by atoms with van der Waals surface area (Å²) in [5.74, 6) is 1.07. The van der Waals surface area contributed by atoms with Crippen LogP contribution >= 0.6 is 0 Å². The fourth-order valence-corrected chi connectivity index (χ4v) is 6.58. The predicted octanol–water partition coefficient (Wildman–Crippen LogP) is 5.01. The number of alkyl carbamates (subject to hydrolysis) is 2. The summed E-state index contributed by atoms with van der Waals surface area (Å²) in [7, 11) is 2.54. The van der Waals surface area contributed by atoms with Gasteiger partial charge in [0.25, 0.3) is 0 Å². The van der Waals surface area contributed by atoms with Crippen molar-refractivity contribution in [3.8, 4) is 22.5 Å². The monoisotopic (exact) mass is 723 g/mol. The molecule has 15 nitrogen and oxygen atoms in total. The third-order valence-electron chi connectivity index (χ3n) is 9.44. The molecule has 0 bridgehead atoms. The van der Waals surface area contributed by atoms with Crippen LogP contribution in [-0.2, 0) is 25.5 Å². The summed E-state index contributed by atoms with van der Waals surface area (Å²) in [6.07, 6.45) is 6.40. The molecule has 6 rings (SSSR count). The van der Waals surface area contributed by atoms with Crippen molar-refractivity contribution < 1.29 is 28.7 Å². The van der Waals surface area contributed by atoms with Crippen LogP contribution in [0.1, 0.15) is 57.2 Å². The van der Waals surface area contributed by atoms with E-state index in [1.165, 1.54) is 14.2 Å². The lowest BCUT2D eigenvalue weighted by Gasteiger charge is -2.29. The Morgan fingerprint density at radius 1 is 0.906 bits per heavy atom. The summed E-state index contributed by atoms with van der Waals surface area (Å²) in [6.45, 7) is 4.77. The average Bonchev–Trinajstić information content (AvgIpc) is 3.95. The normalized spacial score (nSPS) is 14.7. The summed E-state index contributed by atoms with van der Waals surface area (Å²) < 4.78 is 9.21. The Morgan fingerprint density at radius 3 is 2.51 bits per heavy atom. The number of unbranched alkanes of at least 4 members (excludes halogenated alkanes) is 1. The molecule has 5 N–H and O–H groups in total. The van der Waals surface area contributed by atoms with E-state index in [4.69, 9.17) is 14.7 Å². The number of rotatable bonds is 13. The predicted molar refractivity (Wildman–Crippen MR) is 199 cm³/mol. The number of hydrogen-bond acceptors (Lipinski definition) is 9. The first kappa shape index (κ1) is 36.8. The molecule has 53 heavy (non-hydrogen) atoms. The molecule has 1 saturated heterocycles. The molecule has 2 atom stereocenters. The number of carbonyl (C=O) groups excluding carboxylic acids is 4. The van der Waals surface area contributed by atoms with E-state index in [0.29, 0.717) is 13.1 Å². The van der Waals surface area contributed by atoms with Crippen LogP contribution in [0.25, 0.3) is 44.3 Å². The van der Waals surface area contributed by atoms with E-state index in [9.17, 15) is 19.2 Å².